The standard InChI is InChI=1S/C56H40/c1-2-42-4-3-41(1)9-13-45-17-25-49(26-18-45)53-33-35-55(36-34-53)51-29-21-47(22-30-51)15-11-43-5-7-44(8-6-43)12-16-48-23-31-52(32-24-48)56-39-37-54(38-40-56)50-27-19-46(14-10-42)20-28-50/h1-40H/b13-9-,14-10-,15-11-,16-12-,41-9?,42-10?,43-11?,44-12?,45-13?,46-14?,47-15?,48-16?,53-49?,54-50?,55-51?,56-52?. The highest BCUT2D eigenvalue weighted by atomic mass is 14.1. The number of benzene rings is 8. The van der Waals surface area contributed by atoms with E-state index in [1.807, 2.05) is 0 Å². The maximum absolute atomic E-state index is 2.21. The zero-order valence-electron chi connectivity index (χ0n) is 31.1. The fourth-order valence-corrected chi connectivity index (χ4v) is 7.06. The molecule has 8 aromatic rings. The van der Waals surface area contributed by atoms with Crippen LogP contribution in [0.25, 0.3) is 93.1 Å². The van der Waals surface area contributed by atoms with Crippen LogP contribution in [0.1, 0.15) is 44.5 Å². The topological polar surface area (TPSA) is 0 Å². The van der Waals surface area contributed by atoms with Crippen molar-refractivity contribution in [2.75, 3.05) is 0 Å². The molecule has 0 nitrogen and oxygen atoms in total. The van der Waals surface area contributed by atoms with E-state index in [-0.39, 0.29) is 0 Å². The minimum atomic E-state index is 1.18. The molecule has 8 aromatic carbocycles. The maximum Gasteiger partial charge on any atom is -0.0184 e. The highest BCUT2D eigenvalue weighted by Gasteiger charge is 2.04. The molecule has 21 rings (SSSR count). The molecular formula is C56H40. The van der Waals surface area contributed by atoms with E-state index in [9.17, 15) is 0 Å². The summed E-state index contributed by atoms with van der Waals surface area (Å²) in [5.74, 6) is 0. The Morgan fingerprint density at radius 2 is 0.196 bits per heavy atom. The van der Waals surface area contributed by atoms with Crippen LogP contribution in [0.2, 0.25) is 0 Å². The van der Waals surface area contributed by atoms with Gasteiger partial charge in [0.15, 0.2) is 0 Å². The van der Waals surface area contributed by atoms with E-state index in [1.54, 1.807) is 0 Å². The molecule has 0 saturated heterocycles. The molecular weight excluding hydrogens is 673 g/mol. The smallest absolute Gasteiger partial charge is 0.0184 e. The lowest BCUT2D eigenvalue weighted by atomic mass is 9.98. The van der Waals surface area contributed by atoms with Gasteiger partial charge in [-0.2, -0.15) is 0 Å². The lowest BCUT2D eigenvalue weighted by Gasteiger charge is -2.06. The minimum absolute atomic E-state index is 1.18. The van der Waals surface area contributed by atoms with Crippen molar-refractivity contribution < 1.29 is 0 Å². The van der Waals surface area contributed by atoms with Gasteiger partial charge in [-0.25, -0.2) is 0 Å². The van der Waals surface area contributed by atoms with Gasteiger partial charge in [0, 0.05) is 0 Å². The molecule has 0 aromatic heterocycles. The first-order valence-corrected chi connectivity index (χ1v) is 19.2. The molecule has 0 amide bonds. The van der Waals surface area contributed by atoms with Crippen LogP contribution >= 0.6 is 0 Å². The van der Waals surface area contributed by atoms with Crippen LogP contribution in [0.4, 0.5) is 0 Å². The summed E-state index contributed by atoms with van der Waals surface area (Å²) < 4.78 is 0. The zero-order chi connectivity index (χ0) is 37.5. The molecule has 56 heavy (non-hydrogen) atoms. The van der Waals surface area contributed by atoms with Gasteiger partial charge in [-0.1, -0.05) is 243 Å². The highest BCUT2D eigenvalue weighted by Crippen LogP contribution is 2.28. The molecule has 13 aliphatic rings. The first-order valence-electron chi connectivity index (χ1n) is 19.2. The zero-order valence-corrected chi connectivity index (χ0v) is 31.1. The largest absolute Gasteiger partial charge is 0.0544 e. The van der Waals surface area contributed by atoms with Crippen LogP contribution in [-0.4, -0.2) is 0 Å². The minimum Gasteiger partial charge on any atom is -0.0544 e. The van der Waals surface area contributed by atoms with Gasteiger partial charge >= 0.3 is 0 Å². The summed E-state index contributed by atoms with van der Waals surface area (Å²) >= 11 is 0. The van der Waals surface area contributed by atoms with Gasteiger partial charge in [0.25, 0.3) is 0 Å². The molecule has 13 aliphatic carbocycles. The third-order valence-electron chi connectivity index (χ3n) is 10.5. The lowest BCUT2D eigenvalue weighted by Crippen LogP contribution is -1.82. The molecule has 0 fully saturated rings. The van der Waals surface area contributed by atoms with E-state index in [1.165, 1.54) is 89.0 Å². The Kier molecular flexibility index (Phi) is 9.84. The van der Waals surface area contributed by atoms with Crippen LogP contribution in [0.3, 0.4) is 0 Å². The normalized spacial score (nSPS) is 14.3. The van der Waals surface area contributed by atoms with E-state index in [0.29, 0.717) is 0 Å². The average Bonchev–Trinajstić information content (AvgIpc) is 3.27. The molecule has 0 aliphatic heterocycles. The summed E-state index contributed by atoms with van der Waals surface area (Å²) in [6.45, 7) is 0. The summed E-state index contributed by atoms with van der Waals surface area (Å²) in [4.78, 5) is 0. The van der Waals surface area contributed by atoms with Gasteiger partial charge in [-0.3, -0.25) is 0 Å². The molecule has 0 saturated carbocycles. The van der Waals surface area contributed by atoms with Crippen molar-refractivity contribution in [1.82, 2.24) is 0 Å². The number of hydrogen-bond donors (Lipinski definition) is 0. The van der Waals surface area contributed by atoms with E-state index < -0.39 is 0 Å². The second-order valence-corrected chi connectivity index (χ2v) is 14.3. The summed E-state index contributed by atoms with van der Waals surface area (Å²) in [6.07, 6.45) is 17.4. The first kappa shape index (κ1) is 34.5. The van der Waals surface area contributed by atoms with Gasteiger partial charge in [0.2, 0.25) is 0 Å². The van der Waals surface area contributed by atoms with Crippen molar-refractivity contribution in [2.24, 2.45) is 0 Å². The summed E-state index contributed by atoms with van der Waals surface area (Å²) in [5.41, 5.74) is 19.1. The molecule has 0 spiro atoms. The lowest BCUT2D eigenvalue weighted by molar-refractivity contribution is 1.57. The predicted octanol–water partition coefficient (Wildman–Crippen LogP) is 15.3. The number of rotatable bonds is 0. The Morgan fingerprint density at radius 1 is 0.107 bits per heavy atom. The fraction of sp³-hybridized carbons (Fsp3) is 0. The Morgan fingerprint density at radius 3 is 0.321 bits per heavy atom. The molecule has 0 heteroatoms. The van der Waals surface area contributed by atoms with Gasteiger partial charge in [-0.15, -0.1) is 0 Å². The summed E-state index contributed by atoms with van der Waals surface area (Å²) in [6, 6.07) is 70.2. The molecule has 16 bridgehead atoms. The van der Waals surface area contributed by atoms with Crippen molar-refractivity contribution in [3.05, 3.63) is 239 Å². The van der Waals surface area contributed by atoms with Gasteiger partial charge in [-0.05, 0) is 89.0 Å². The SMILES string of the molecule is C1=C\c2ccc(cc2)-c2ccc(cc2)-c2ccc(cc2)/C=C\c2ccc(cc2)/C=C\c2ccc(cc2)-c2ccc(cc2)-c2ccc(cc2)/C=C\c2ccc/1cc2. The van der Waals surface area contributed by atoms with Gasteiger partial charge < -0.3 is 0 Å². The Hall–Kier alpha value is -7.28. The third kappa shape index (κ3) is 8.26. The second kappa shape index (κ2) is 16.0. The molecule has 0 N–H and O–H groups in total. The molecule has 0 unspecified atom stereocenters. The number of hydrogen-bond acceptors (Lipinski definition) is 0. The van der Waals surface area contributed by atoms with Crippen LogP contribution in [-0.2, 0) is 0 Å². The Labute approximate surface area is 330 Å². The van der Waals surface area contributed by atoms with Crippen LogP contribution < -0.4 is 0 Å². The molecule has 0 radical (unpaired) electrons. The third-order valence-corrected chi connectivity index (χ3v) is 10.5. The Bertz CT molecular complexity index is 2280. The maximum atomic E-state index is 2.21. The first-order chi connectivity index (χ1) is 27.7. The van der Waals surface area contributed by atoms with Gasteiger partial charge in [0.05, 0.1) is 0 Å². The van der Waals surface area contributed by atoms with Crippen LogP contribution in [0.5, 0.6) is 0 Å². The quantitative estimate of drug-likeness (QED) is 0.147. The van der Waals surface area contributed by atoms with Crippen molar-refractivity contribution in [2.45, 2.75) is 0 Å². The molecule has 264 valence electrons. The highest BCUT2D eigenvalue weighted by molar-refractivity contribution is 5.79. The molecule has 0 atom stereocenters. The Balaban J connectivity index is 0.972. The van der Waals surface area contributed by atoms with Crippen LogP contribution in [0, 0.1) is 0 Å². The summed E-state index contributed by atoms with van der Waals surface area (Å²) in [7, 11) is 0. The van der Waals surface area contributed by atoms with Crippen LogP contribution in [0.15, 0.2) is 194 Å². The van der Waals surface area contributed by atoms with Crippen molar-refractivity contribution in [1.29, 1.82) is 0 Å². The van der Waals surface area contributed by atoms with E-state index in [4.69, 9.17) is 0 Å². The average molecular weight is 713 g/mol. The van der Waals surface area contributed by atoms with Crippen molar-refractivity contribution in [3.8, 4) is 44.5 Å². The van der Waals surface area contributed by atoms with Crippen molar-refractivity contribution >= 4 is 48.6 Å². The summed E-state index contributed by atoms with van der Waals surface area (Å²) in [5, 5.41) is 0. The second-order valence-electron chi connectivity index (χ2n) is 14.3. The van der Waals surface area contributed by atoms with E-state index in [2.05, 4.69) is 243 Å². The monoisotopic (exact) mass is 712 g/mol. The van der Waals surface area contributed by atoms with Gasteiger partial charge in [0.1, 0.15) is 0 Å². The molecule has 0 heterocycles. The predicted molar refractivity (Wildman–Crippen MR) is 243 cm³/mol. The van der Waals surface area contributed by atoms with Crippen molar-refractivity contribution in [3.63, 3.8) is 0 Å². The van der Waals surface area contributed by atoms with E-state index >= 15 is 0 Å². The van der Waals surface area contributed by atoms with E-state index in [0.717, 1.165) is 0 Å². The fourth-order valence-electron chi connectivity index (χ4n) is 7.06.